The maximum Gasteiger partial charge on any atom is 0.220 e. The van der Waals surface area contributed by atoms with Crippen molar-refractivity contribution in [2.75, 3.05) is 6.61 Å². The highest BCUT2D eigenvalue weighted by molar-refractivity contribution is 5.76. The SMILES string of the molecule is CCCCCCCCCCCCCCCCCCC(=O)N[C@@H](CO)[C@H](O)CCCCCCCCCCCCCCCCCC. The lowest BCUT2D eigenvalue weighted by atomic mass is 10.0. The van der Waals surface area contributed by atoms with Gasteiger partial charge in [0.1, 0.15) is 0 Å². The average molecular weight is 624 g/mol. The van der Waals surface area contributed by atoms with Crippen LogP contribution in [0.15, 0.2) is 0 Å². The molecular weight excluding hydrogens is 542 g/mol. The van der Waals surface area contributed by atoms with Crippen LogP contribution in [0.3, 0.4) is 0 Å². The van der Waals surface area contributed by atoms with E-state index < -0.39 is 12.1 Å². The molecule has 0 saturated heterocycles. The molecule has 0 aliphatic rings. The van der Waals surface area contributed by atoms with Crippen LogP contribution in [-0.2, 0) is 4.79 Å². The molecule has 0 aromatic rings. The van der Waals surface area contributed by atoms with E-state index in [1.54, 1.807) is 0 Å². The van der Waals surface area contributed by atoms with E-state index in [9.17, 15) is 15.0 Å². The minimum Gasteiger partial charge on any atom is -0.394 e. The highest BCUT2D eigenvalue weighted by Crippen LogP contribution is 2.16. The van der Waals surface area contributed by atoms with Crippen molar-refractivity contribution in [1.29, 1.82) is 0 Å². The zero-order valence-electron chi connectivity index (χ0n) is 30.2. The highest BCUT2D eigenvalue weighted by Gasteiger charge is 2.19. The number of carbonyl (C=O) groups excluding carboxylic acids is 1. The van der Waals surface area contributed by atoms with Gasteiger partial charge in [-0.3, -0.25) is 4.79 Å². The summed E-state index contributed by atoms with van der Waals surface area (Å²) in [5.74, 6) is -0.0274. The standard InChI is InChI=1S/C40H81NO3/c1-3-5-7-9-11-13-15-17-19-21-23-25-27-29-31-33-35-39(43)38(37-42)41-40(44)36-34-32-30-28-26-24-22-20-18-16-14-12-10-8-6-4-2/h38-39,42-43H,3-37H2,1-2H3,(H,41,44)/t38-,39+/m0/s1. The van der Waals surface area contributed by atoms with E-state index in [4.69, 9.17) is 0 Å². The second-order valence-electron chi connectivity index (χ2n) is 14.1. The van der Waals surface area contributed by atoms with Gasteiger partial charge in [-0.1, -0.05) is 213 Å². The molecule has 44 heavy (non-hydrogen) atoms. The van der Waals surface area contributed by atoms with Gasteiger partial charge in [-0.15, -0.1) is 0 Å². The average Bonchev–Trinajstić information content (AvgIpc) is 3.03. The van der Waals surface area contributed by atoms with Crippen molar-refractivity contribution in [3.05, 3.63) is 0 Å². The van der Waals surface area contributed by atoms with Gasteiger partial charge in [0, 0.05) is 6.42 Å². The summed E-state index contributed by atoms with van der Waals surface area (Å²) in [7, 11) is 0. The largest absolute Gasteiger partial charge is 0.394 e. The van der Waals surface area contributed by atoms with Crippen molar-refractivity contribution >= 4 is 5.91 Å². The monoisotopic (exact) mass is 624 g/mol. The Kier molecular flexibility index (Phi) is 36.3. The molecular formula is C40H81NO3. The quantitative estimate of drug-likeness (QED) is 0.0603. The third-order valence-electron chi connectivity index (χ3n) is 9.62. The maximum atomic E-state index is 12.4. The molecule has 2 atom stereocenters. The molecule has 0 aromatic heterocycles. The van der Waals surface area contributed by atoms with Crippen LogP contribution in [-0.4, -0.2) is 34.9 Å². The highest BCUT2D eigenvalue weighted by atomic mass is 16.3. The summed E-state index contributed by atoms with van der Waals surface area (Å²) < 4.78 is 0. The van der Waals surface area contributed by atoms with E-state index in [0.717, 1.165) is 25.7 Å². The number of rotatable bonds is 37. The molecule has 0 spiro atoms. The van der Waals surface area contributed by atoms with E-state index in [2.05, 4.69) is 19.2 Å². The lowest BCUT2D eigenvalue weighted by molar-refractivity contribution is -0.123. The van der Waals surface area contributed by atoms with Crippen molar-refractivity contribution in [2.24, 2.45) is 0 Å². The number of aliphatic hydroxyl groups is 2. The number of hydrogen-bond acceptors (Lipinski definition) is 3. The van der Waals surface area contributed by atoms with Crippen LogP contribution in [0.25, 0.3) is 0 Å². The summed E-state index contributed by atoms with van der Waals surface area (Å²) in [6.07, 6.45) is 43.0. The molecule has 3 N–H and O–H groups in total. The second kappa shape index (κ2) is 36.9. The molecule has 0 aliphatic carbocycles. The molecule has 0 fully saturated rings. The minimum atomic E-state index is -0.651. The first-order valence-corrected chi connectivity index (χ1v) is 20.2. The maximum absolute atomic E-state index is 12.4. The lowest BCUT2D eigenvalue weighted by Gasteiger charge is -2.22. The van der Waals surface area contributed by atoms with Crippen LogP contribution >= 0.6 is 0 Å². The topological polar surface area (TPSA) is 69.6 Å². The molecule has 0 heterocycles. The lowest BCUT2D eigenvalue weighted by Crippen LogP contribution is -2.45. The second-order valence-corrected chi connectivity index (χ2v) is 14.1. The Labute approximate surface area is 276 Å². The summed E-state index contributed by atoms with van der Waals surface area (Å²) in [4.78, 5) is 12.4. The van der Waals surface area contributed by atoms with E-state index in [0.29, 0.717) is 12.8 Å². The van der Waals surface area contributed by atoms with E-state index >= 15 is 0 Å². The summed E-state index contributed by atoms with van der Waals surface area (Å²) >= 11 is 0. The first-order chi connectivity index (χ1) is 21.7. The molecule has 0 aliphatic heterocycles. The number of amides is 1. The normalized spacial score (nSPS) is 12.9. The number of carbonyl (C=O) groups is 1. The Morgan fingerprint density at radius 3 is 1.02 bits per heavy atom. The molecule has 264 valence electrons. The van der Waals surface area contributed by atoms with Crippen LogP contribution < -0.4 is 5.32 Å². The molecule has 0 aromatic carbocycles. The van der Waals surface area contributed by atoms with Crippen LogP contribution in [0.2, 0.25) is 0 Å². The summed E-state index contributed by atoms with van der Waals surface area (Å²) in [6.45, 7) is 4.37. The van der Waals surface area contributed by atoms with Gasteiger partial charge in [0.25, 0.3) is 0 Å². The van der Waals surface area contributed by atoms with Gasteiger partial charge >= 0.3 is 0 Å². The predicted octanol–water partition coefficient (Wildman–Crippen LogP) is 12.1. The molecule has 4 nitrogen and oxygen atoms in total. The van der Waals surface area contributed by atoms with Crippen molar-refractivity contribution < 1.29 is 15.0 Å². The Bertz CT molecular complexity index is 555. The van der Waals surface area contributed by atoms with Crippen LogP contribution in [0, 0.1) is 0 Å². The van der Waals surface area contributed by atoms with Gasteiger partial charge in [0.15, 0.2) is 0 Å². The molecule has 0 rings (SSSR count). The molecule has 0 unspecified atom stereocenters. The van der Waals surface area contributed by atoms with Crippen molar-refractivity contribution in [3.63, 3.8) is 0 Å². The van der Waals surface area contributed by atoms with Crippen molar-refractivity contribution in [2.45, 2.75) is 244 Å². The molecule has 0 bridgehead atoms. The fourth-order valence-electron chi connectivity index (χ4n) is 6.48. The van der Waals surface area contributed by atoms with Crippen molar-refractivity contribution in [3.8, 4) is 0 Å². The molecule has 1 amide bonds. The molecule has 4 heteroatoms. The van der Waals surface area contributed by atoms with Crippen molar-refractivity contribution in [1.82, 2.24) is 5.32 Å². The van der Waals surface area contributed by atoms with Gasteiger partial charge in [-0.05, 0) is 12.8 Å². The molecule has 0 saturated carbocycles. The smallest absolute Gasteiger partial charge is 0.220 e. The van der Waals surface area contributed by atoms with Crippen LogP contribution in [0.5, 0.6) is 0 Å². The zero-order valence-corrected chi connectivity index (χ0v) is 30.2. The fraction of sp³-hybridized carbons (Fsp3) is 0.975. The first kappa shape index (κ1) is 43.4. The fourth-order valence-corrected chi connectivity index (χ4v) is 6.48. The summed E-state index contributed by atoms with van der Waals surface area (Å²) in [5.41, 5.74) is 0. The summed E-state index contributed by atoms with van der Waals surface area (Å²) in [6, 6.07) is -0.528. The third kappa shape index (κ3) is 32.8. The third-order valence-corrected chi connectivity index (χ3v) is 9.62. The number of unbranched alkanes of at least 4 members (excludes halogenated alkanes) is 30. The van der Waals surface area contributed by atoms with E-state index in [1.807, 2.05) is 0 Å². The van der Waals surface area contributed by atoms with Gasteiger partial charge in [-0.25, -0.2) is 0 Å². The Morgan fingerprint density at radius 1 is 0.455 bits per heavy atom. The Hall–Kier alpha value is -0.610. The molecule has 0 radical (unpaired) electrons. The van der Waals surface area contributed by atoms with Gasteiger partial charge in [0.05, 0.1) is 18.8 Å². The zero-order chi connectivity index (χ0) is 32.2. The Balaban J connectivity index is 3.49. The van der Waals surface area contributed by atoms with Gasteiger partial charge < -0.3 is 15.5 Å². The number of nitrogens with one attached hydrogen (secondary N) is 1. The number of hydrogen-bond donors (Lipinski definition) is 3. The first-order valence-electron chi connectivity index (χ1n) is 20.2. The van der Waals surface area contributed by atoms with E-state index in [1.165, 1.54) is 180 Å². The van der Waals surface area contributed by atoms with Gasteiger partial charge in [0.2, 0.25) is 5.91 Å². The van der Waals surface area contributed by atoms with Gasteiger partial charge in [-0.2, -0.15) is 0 Å². The summed E-state index contributed by atoms with van der Waals surface area (Å²) in [5, 5.41) is 23.1. The number of aliphatic hydroxyl groups excluding tert-OH is 2. The minimum absolute atomic E-state index is 0.0274. The predicted molar refractivity (Wildman–Crippen MR) is 193 cm³/mol. The Morgan fingerprint density at radius 2 is 0.727 bits per heavy atom. The van der Waals surface area contributed by atoms with Crippen LogP contribution in [0.1, 0.15) is 232 Å². The van der Waals surface area contributed by atoms with Crippen LogP contribution in [0.4, 0.5) is 0 Å². The van der Waals surface area contributed by atoms with E-state index in [-0.39, 0.29) is 12.5 Å².